The van der Waals surface area contributed by atoms with Gasteiger partial charge in [-0.25, -0.2) is 13.2 Å². The molecule has 0 bridgehead atoms. The van der Waals surface area contributed by atoms with Gasteiger partial charge in [-0.05, 0) is 23.5 Å². The van der Waals surface area contributed by atoms with Gasteiger partial charge in [-0.1, -0.05) is 19.9 Å². The lowest BCUT2D eigenvalue weighted by Gasteiger charge is -2.18. The Morgan fingerprint density at radius 2 is 1.86 bits per heavy atom. The van der Waals surface area contributed by atoms with E-state index in [9.17, 15) is 26.7 Å². The first kappa shape index (κ1) is 16.5. The third-order valence-electron chi connectivity index (χ3n) is 4.00. The van der Waals surface area contributed by atoms with Crippen LogP contribution in [-0.4, -0.2) is 5.97 Å². The van der Waals surface area contributed by atoms with Crippen LogP contribution in [0.25, 0.3) is 0 Å². The van der Waals surface area contributed by atoms with Crippen LogP contribution in [0.15, 0.2) is 24.8 Å². The summed E-state index contributed by atoms with van der Waals surface area (Å²) in [6, 6.07) is 0.674. The summed E-state index contributed by atoms with van der Waals surface area (Å²) >= 11 is 0. The van der Waals surface area contributed by atoms with Gasteiger partial charge in [0.15, 0.2) is 17.5 Å². The predicted molar refractivity (Wildman–Crippen MR) is 67.3 cm³/mol. The number of alkyl halides is 2. The van der Waals surface area contributed by atoms with Crippen LogP contribution in [0.1, 0.15) is 19.4 Å². The molecule has 0 radical (unpaired) electrons. The van der Waals surface area contributed by atoms with Gasteiger partial charge < -0.3 is 4.74 Å². The SMILES string of the molecule is C=CC1C(C(=O)OC(F)(F)c2ccc(F)c(F)c2F)C1(C)C. The number of carbonyl (C=O) groups excluding carboxylic acids is 1. The lowest BCUT2D eigenvalue weighted by Crippen LogP contribution is -2.26. The molecule has 0 spiro atoms. The Balaban J connectivity index is 2.24. The van der Waals surface area contributed by atoms with Gasteiger partial charge in [0.25, 0.3) is 0 Å². The average molecular weight is 320 g/mol. The Hall–Kier alpha value is -1.92. The molecule has 1 aliphatic rings. The minimum atomic E-state index is -4.40. The number of allylic oxidation sites excluding steroid dienone is 1. The number of ether oxygens (including phenoxy) is 1. The number of hydrogen-bond acceptors (Lipinski definition) is 2. The fourth-order valence-electron chi connectivity index (χ4n) is 2.56. The zero-order valence-corrected chi connectivity index (χ0v) is 11.8. The molecule has 1 fully saturated rings. The van der Waals surface area contributed by atoms with Gasteiger partial charge >= 0.3 is 12.1 Å². The maximum absolute atomic E-state index is 13.9. The fourth-order valence-corrected chi connectivity index (χ4v) is 2.56. The van der Waals surface area contributed by atoms with E-state index in [4.69, 9.17) is 0 Å². The standard InChI is InChI=1S/C15H13F5O2/c1-4-7-10(14(7,2)3)13(21)22-15(19,20)8-5-6-9(16)12(18)11(8)17/h4-7,10H,1H2,2-3H3. The summed E-state index contributed by atoms with van der Waals surface area (Å²) in [7, 11) is 0. The first-order valence-electron chi connectivity index (χ1n) is 6.41. The van der Waals surface area contributed by atoms with E-state index in [1.165, 1.54) is 6.08 Å². The number of carbonyl (C=O) groups is 1. The summed E-state index contributed by atoms with van der Waals surface area (Å²) in [5.41, 5.74) is -2.13. The van der Waals surface area contributed by atoms with Crippen molar-refractivity contribution in [2.24, 2.45) is 17.3 Å². The van der Waals surface area contributed by atoms with Gasteiger partial charge in [0, 0.05) is 0 Å². The summed E-state index contributed by atoms with van der Waals surface area (Å²) in [4.78, 5) is 11.8. The highest BCUT2D eigenvalue weighted by Gasteiger charge is 2.62. The van der Waals surface area contributed by atoms with Crippen molar-refractivity contribution in [3.63, 3.8) is 0 Å². The first-order valence-corrected chi connectivity index (χ1v) is 6.41. The third kappa shape index (κ3) is 2.48. The van der Waals surface area contributed by atoms with Gasteiger partial charge in [-0.2, -0.15) is 8.78 Å². The fraction of sp³-hybridized carbons (Fsp3) is 0.400. The van der Waals surface area contributed by atoms with Gasteiger partial charge in [0.05, 0.1) is 5.92 Å². The Morgan fingerprint density at radius 3 is 2.36 bits per heavy atom. The molecule has 120 valence electrons. The van der Waals surface area contributed by atoms with Crippen molar-refractivity contribution in [1.29, 1.82) is 0 Å². The van der Waals surface area contributed by atoms with Crippen LogP contribution in [0.5, 0.6) is 0 Å². The quantitative estimate of drug-likeness (QED) is 0.360. The van der Waals surface area contributed by atoms with Crippen LogP contribution >= 0.6 is 0 Å². The summed E-state index contributed by atoms with van der Waals surface area (Å²) < 4.78 is 71.0. The lowest BCUT2D eigenvalue weighted by molar-refractivity contribution is -0.243. The Labute approximate surface area is 123 Å². The zero-order chi connectivity index (χ0) is 16.9. The molecule has 0 aromatic heterocycles. The van der Waals surface area contributed by atoms with Crippen molar-refractivity contribution in [3.8, 4) is 0 Å². The minimum absolute atomic E-state index is 0.336. The Bertz CT molecular complexity index is 639. The van der Waals surface area contributed by atoms with E-state index in [-0.39, 0.29) is 5.92 Å². The molecule has 2 nitrogen and oxygen atoms in total. The molecule has 0 N–H and O–H groups in total. The van der Waals surface area contributed by atoms with Crippen LogP contribution in [0.3, 0.4) is 0 Å². The Morgan fingerprint density at radius 1 is 1.27 bits per heavy atom. The molecule has 1 saturated carbocycles. The van der Waals surface area contributed by atoms with Crippen molar-refractivity contribution in [1.82, 2.24) is 0 Å². The lowest BCUT2D eigenvalue weighted by atomic mass is 10.1. The summed E-state index contributed by atoms with van der Waals surface area (Å²) in [5, 5.41) is 0. The van der Waals surface area contributed by atoms with E-state index in [2.05, 4.69) is 11.3 Å². The van der Waals surface area contributed by atoms with Gasteiger partial charge in [0.1, 0.15) is 5.56 Å². The third-order valence-corrected chi connectivity index (χ3v) is 4.00. The highest BCUT2D eigenvalue weighted by Crippen LogP contribution is 2.59. The monoisotopic (exact) mass is 320 g/mol. The average Bonchev–Trinajstić information content (AvgIpc) is 2.97. The number of esters is 1. The maximum Gasteiger partial charge on any atom is 0.431 e. The predicted octanol–water partition coefficient (Wildman–Crippen LogP) is 4.15. The molecule has 1 aromatic carbocycles. The maximum atomic E-state index is 13.9. The Kier molecular flexibility index (Phi) is 3.79. The van der Waals surface area contributed by atoms with E-state index in [0.717, 1.165) is 0 Å². The van der Waals surface area contributed by atoms with E-state index in [0.29, 0.717) is 12.1 Å². The van der Waals surface area contributed by atoms with Crippen molar-refractivity contribution in [2.75, 3.05) is 0 Å². The zero-order valence-electron chi connectivity index (χ0n) is 11.8. The van der Waals surface area contributed by atoms with Gasteiger partial charge in [-0.3, -0.25) is 4.79 Å². The summed E-state index contributed by atoms with van der Waals surface area (Å²) in [5.74, 6) is -8.19. The van der Waals surface area contributed by atoms with Crippen molar-refractivity contribution in [2.45, 2.75) is 20.0 Å². The number of benzene rings is 1. The normalized spacial score (nSPS) is 23.0. The molecular formula is C15H13F5O2. The molecule has 2 unspecified atom stereocenters. The van der Waals surface area contributed by atoms with Gasteiger partial charge in [-0.15, -0.1) is 6.58 Å². The van der Waals surface area contributed by atoms with Crippen LogP contribution in [0.2, 0.25) is 0 Å². The number of hydrogen-bond donors (Lipinski definition) is 0. The summed E-state index contributed by atoms with van der Waals surface area (Å²) in [6.07, 6.45) is -2.96. The molecule has 2 atom stereocenters. The van der Waals surface area contributed by atoms with Crippen molar-refractivity contribution >= 4 is 5.97 Å². The molecule has 7 heteroatoms. The number of halogens is 5. The summed E-state index contributed by atoms with van der Waals surface area (Å²) in [6.45, 7) is 6.83. The van der Waals surface area contributed by atoms with Crippen LogP contribution < -0.4 is 0 Å². The van der Waals surface area contributed by atoms with E-state index >= 15 is 0 Å². The molecule has 1 aliphatic carbocycles. The first-order chi connectivity index (χ1) is 10.0. The molecule has 0 heterocycles. The molecule has 1 aromatic rings. The highest BCUT2D eigenvalue weighted by atomic mass is 19.3. The van der Waals surface area contributed by atoms with Crippen molar-refractivity contribution < 1.29 is 31.5 Å². The van der Waals surface area contributed by atoms with Crippen LogP contribution in [0.4, 0.5) is 22.0 Å². The minimum Gasteiger partial charge on any atom is -0.397 e. The van der Waals surface area contributed by atoms with E-state index in [1.54, 1.807) is 13.8 Å². The van der Waals surface area contributed by atoms with Crippen LogP contribution in [0, 0.1) is 34.7 Å². The second kappa shape index (κ2) is 5.07. The van der Waals surface area contributed by atoms with Gasteiger partial charge in [0.2, 0.25) is 0 Å². The molecule has 0 aliphatic heterocycles. The second-order valence-corrected chi connectivity index (χ2v) is 5.72. The number of rotatable bonds is 4. The highest BCUT2D eigenvalue weighted by molar-refractivity contribution is 5.78. The topological polar surface area (TPSA) is 26.3 Å². The molecule has 22 heavy (non-hydrogen) atoms. The second-order valence-electron chi connectivity index (χ2n) is 5.72. The van der Waals surface area contributed by atoms with E-state index in [1.807, 2.05) is 0 Å². The van der Waals surface area contributed by atoms with Crippen LogP contribution in [-0.2, 0) is 15.6 Å². The molecule has 2 rings (SSSR count). The van der Waals surface area contributed by atoms with E-state index < -0.39 is 46.4 Å². The molecule has 0 amide bonds. The molecular weight excluding hydrogens is 307 g/mol. The van der Waals surface area contributed by atoms with Crippen molar-refractivity contribution in [3.05, 3.63) is 47.8 Å². The molecule has 0 saturated heterocycles. The largest absolute Gasteiger partial charge is 0.431 e. The smallest absolute Gasteiger partial charge is 0.397 e.